The van der Waals surface area contributed by atoms with Crippen molar-refractivity contribution in [3.05, 3.63) is 47.4 Å². The molecule has 0 saturated heterocycles. The Hall–Kier alpha value is -2.61. The van der Waals surface area contributed by atoms with Crippen LogP contribution < -0.4 is 11.1 Å². The normalized spacial score (nSPS) is 9.78. The molecule has 0 amide bonds. The van der Waals surface area contributed by atoms with Crippen LogP contribution in [0.2, 0.25) is 0 Å². The molecular formula is C13H13N5. The molecular weight excluding hydrogens is 226 g/mol. The summed E-state index contributed by atoms with van der Waals surface area (Å²) in [6.45, 7) is 2.46. The quantitative estimate of drug-likeness (QED) is 0.853. The number of nitrogens with zero attached hydrogens (tertiary/aromatic N) is 3. The van der Waals surface area contributed by atoms with Gasteiger partial charge in [-0.2, -0.15) is 5.26 Å². The number of aromatic nitrogens is 2. The van der Waals surface area contributed by atoms with Crippen molar-refractivity contribution in [1.29, 1.82) is 5.26 Å². The van der Waals surface area contributed by atoms with Gasteiger partial charge < -0.3 is 11.1 Å². The van der Waals surface area contributed by atoms with Gasteiger partial charge in [0, 0.05) is 11.9 Å². The van der Waals surface area contributed by atoms with E-state index < -0.39 is 0 Å². The number of pyridine rings is 2. The molecule has 0 bridgehead atoms. The van der Waals surface area contributed by atoms with Gasteiger partial charge in [-0.15, -0.1) is 0 Å². The zero-order chi connectivity index (χ0) is 13.0. The van der Waals surface area contributed by atoms with Crippen LogP contribution in [0.3, 0.4) is 0 Å². The minimum absolute atomic E-state index is 0.368. The Bertz CT molecular complexity index is 601. The third kappa shape index (κ3) is 2.55. The number of nitrogens with two attached hydrogens (primary N) is 1. The Morgan fingerprint density at radius 1 is 1.39 bits per heavy atom. The summed E-state index contributed by atoms with van der Waals surface area (Å²) in [6.07, 6.45) is 1.56. The molecule has 5 heteroatoms. The largest absolute Gasteiger partial charge is 0.395 e. The number of aryl methyl sites for hydroxylation is 1. The highest BCUT2D eigenvalue weighted by molar-refractivity contribution is 5.68. The molecule has 0 aliphatic rings. The van der Waals surface area contributed by atoms with Gasteiger partial charge in [-0.3, -0.25) is 4.98 Å². The zero-order valence-corrected chi connectivity index (χ0v) is 10.0. The van der Waals surface area contributed by atoms with Crippen LogP contribution in [0.5, 0.6) is 0 Å². The molecule has 2 aromatic rings. The van der Waals surface area contributed by atoms with E-state index in [0.29, 0.717) is 23.6 Å². The minimum Gasteiger partial charge on any atom is -0.395 e. The monoisotopic (exact) mass is 239 g/mol. The van der Waals surface area contributed by atoms with E-state index in [1.165, 1.54) is 0 Å². The van der Waals surface area contributed by atoms with E-state index in [4.69, 9.17) is 11.0 Å². The fourth-order valence-electron chi connectivity index (χ4n) is 1.58. The summed E-state index contributed by atoms with van der Waals surface area (Å²) in [5.41, 5.74) is 8.47. The van der Waals surface area contributed by atoms with Gasteiger partial charge in [-0.05, 0) is 25.1 Å². The average molecular weight is 239 g/mol. The predicted molar refractivity (Wildman–Crippen MR) is 69.7 cm³/mol. The van der Waals surface area contributed by atoms with Gasteiger partial charge in [-0.25, -0.2) is 4.98 Å². The van der Waals surface area contributed by atoms with Gasteiger partial charge >= 0.3 is 0 Å². The number of nitrogens with one attached hydrogen (secondary N) is 1. The first-order chi connectivity index (χ1) is 8.70. The highest BCUT2D eigenvalue weighted by Gasteiger charge is 2.05. The van der Waals surface area contributed by atoms with Gasteiger partial charge in [0.25, 0.3) is 0 Å². The number of hydrogen-bond acceptors (Lipinski definition) is 5. The zero-order valence-electron chi connectivity index (χ0n) is 10.0. The number of hydrogen-bond donors (Lipinski definition) is 2. The van der Waals surface area contributed by atoms with Crippen LogP contribution >= 0.6 is 0 Å². The first kappa shape index (κ1) is 11.9. The molecule has 2 aromatic heterocycles. The van der Waals surface area contributed by atoms with Gasteiger partial charge in [0.05, 0.1) is 23.5 Å². The van der Waals surface area contributed by atoms with Crippen molar-refractivity contribution >= 4 is 11.5 Å². The molecule has 0 aliphatic heterocycles. The lowest BCUT2D eigenvalue weighted by atomic mass is 10.2. The fourth-order valence-corrected chi connectivity index (χ4v) is 1.58. The number of nitrogen functional groups attached to an aromatic ring is 1. The summed E-state index contributed by atoms with van der Waals surface area (Å²) in [7, 11) is 0. The van der Waals surface area contributed by atoms with E-state index in [1.54, 1.807) is 12.3 Å². The third-order valence-electron chi connectivity index (χ3n) is 2.49. The Morgan fingerprint density at radius 2 is 2.22 bits per heavy atom. The SMILES string of the molecule is Cc1cccc(CNc2nccc(C#N)c2N)n1. The maximum absolute atomic E-state index is 8.87. The predicted octanol–water partition coefficient (Wildman–Crippen LogP) is 1.85. The van der Waals surface area contributed by atoms with E-state index in [2.05, 4.69) is 15.3 Å². The second-order valence-electron chi connectivity index (χ2n) is 3.86. The molecule has 0 saturated carbocycles. The molecule has 0 aromatic carbocycles. The molecule has 18 heavy (non-hydrogen) atoms. The number of nitriles is 1. The van der Waals surface area contributed by atoms with E-state index in [1.807, 2.05) is 31.2 Å². The lowest BCUT2D eigenvalue weighted by Gasteiger charge is -2.08. The average Bonchev–Trinajstić information content (AvgIpc) is 2.38. The molecule has 0 atom stereocenters. The molecule has 2 rings (SSSR count). The molecule has 0 fully saturated rings. The molecule has 3 N–H and O–H groups in total. The highest BCUT2D eigenvalue weighted by atomic mass is 15.0. The van der Waals surface area contributed by atoms with E-state index in [-0.39, 0.29) is 0 Å². The van der Waals surface area contributed by atoms with Crippen LogP contribution in [0, 0.1) is 18.3 Å². The first-order valence-corrected chi connectivity index (χ1v) is 5.51. The smallest absolute Gasteiger partial charge is 0.150 e. The van der Waals surface area contributed by atoms with E-state index >= 15 is 0 Å². The van der Waals surface area contributed by atoms with Gasteiger partial charge in [0.1, 0.15) is 6.07 Å². The summed E-state index contributed by atoms with van der Waals surface area (Å²) in [5, 5.41) is 11.9. The number of rotatable bonds is 3. The molecule has 0 aliphatic carbocycles. The van der Waals surface area contributed by atoms with Crippen molar-refractivity contribution in [3.8, 4) is 6.07 Å². The molecule has 90 valence electrons. The minimum atomic E-state index is 0.368. The second kappa shape index (κ2) is 5.15. The first-order valence-electron chi connectivity index (χ1n) is 5.51. The van der Waals surface area contributed by atoms with Crippen molar-refractivity contribution in [2.45, 2.75) is 13.5 Å². The van der Waals surface area contributed by atoms with Crippen LogP contribution in [0.25, 0.3) is 0 Å². The van der Waals surface area contributed by atoms with Crippen LogP contribution in [0.4, 0.5) is 11.5 Å². The van der Waals surface area contributed by atoms with Crippen molar-refractivity contribution in [3.63, 3.8) is 0 Å². The molecule has 0 spiro atoms. The van der Waals surface area contributed by atoms with Gasteiger partial charge in [0.2, 0.25) is 0 Å². The van der Waals surface area contributed by atoms with E-state index in [0.717, 1.165) is 11.4 Å². The maximum Gasteiger partial charge on any atom is 0.150 e. The summed E-state index contributed by atoms with van der Waals surface area (Å²) >= 11 is 0. The molecule has 0 unspecified atom stereocenters. The topological polar surface area (TPSA) is 87.6 Å². The van der Waals surface area contributed by atoms with E-state index in [9.17, 15) is 0 Å². The van der Waals surface area contributed by atoms with Crippen molar-refractivity contribution in [2.24, 2.45) is 0 Å². The Labute approximate surface area is 105 Å². The maximum atomic E-state index is 8.87. The van der Waals surface area contributed by atoms with Crippen LogP contribution in [0.1, 0.15) is 17.0 Å². The van der Waals surface area contributed by atoms with Crippen LogP contribution in [-0.2, 0) is 6.54 Å². The lowest BCUT2D eigenvalue weighted by molar-refractivity contribution is 1.00. The number of anilines is 2. The summed E-state index contributed by atoms with van der Waals surface area (Å²) < 4.78 is 0. The highest BCUT2D eigenvalue weighted by Crippen LogP contribution is 2.19. The second-order valence-corrected chi connectivity index (χ2v) is 3.86. The van der Waals surface area contributed by atoms with Crippen LogP contribution in [0.15, 0.2) is 30.5 Å². The summed E-state index contributed by atoms with van der Waals surface area (Å²) in [4.78, 5) is 8.47. The third-order valence-corrected chi connectivity index (χ3v) is 2.49. The van der Waals surface area contributed by atoms with Crippen molar-refractivity contribution in [1.82, 2.24) is 9.97 Å². The lowest BCUT2D eigenvalue weighted by Crippen LogP contribution is -2.07. The van der Waals surface area contributed by atoms with Gasteiger partial charge in [-0.1, -0.05) is 6.07 Å². The van der Waals surface area contributed by atoms with Gasteiger partial charge in [0.15, 0.2) is 5.82 Å². The van der Waals surface area contributed by atoms with Crippen LogP contribution in [-0.4, -0.2) is 9.97 Å². The molecule has 2 heterocycles. The standard InChI is InChI=1S/C13H13N5/c1-9-3-2-4-11(18-9)8-17-13-12(15)10(7-14)5-6-16-13/h2-6H,8,15H2,1H3,(H,16,17). The van der Waals surface area contributed by atoms with Crippen molar-refractivity contribution in [2.75, 3.05) is 11.1 Å². The Morgan fingerprint density at radius 3 is 2.94 bits per heavy atom. The summed E-state index contributed by atoms with van der Waals surface area (Å²) in [5.74, 6) is 0.511. The Kier molecular flexibility index (Phi) is 3.39. The summed E-state index contributed by atoms with van der Waals surface area (Å²) in [6, 6.07) is 9.42. The Balaban J connectivity index is 2.14. The molecule has 5 nitrogen and oxygen atoms in total. The molecule has 0 radical (unpaired) electrons. The van der Waals surface area contributed by atoms with Crippen molar-refractivity contribution < 1.29 is 0 Å². The fraction of sp³-hybridized carbons (Fsp3) is 0.154.